The molecule has 1 aromatic carbocycles. The molecule has 116 valence electrons. The lowest BCUT2D eigenvalue weighted by Crippen LogP contribution is -2.36. The van der Waals surface area contributed by atoms with Crippen molar-refractivity contribution < 1.29 is 23.0 Å². The summed E-state index contributed by atoms with van der Waals surface area (Å²) in [5.41, 5.74) is -0.494. The van der Waals surface area contributed by atoms with E-state index in [0.717, 1.165) is 12.8 Å². The number of hydrogen-bond acceptors (Lipinski definition) is 2. The van der Waals surface area contributed by atoms with Gasteiger partial charge in [-0.25, -0.2) is 0 Å². The molecule has 3 rings (SSSR count). The van der Waals surface area contributed by atoms with Crippen LogP contribution in [-0.2, 0) is 5.60 Å². The van der Waals surface area contributed by atoms with Crippen molar-refractivity contribution in [1.82, 2.24) is 0 Å². The van der Waals surface area contributed by atoms with Gasteiger partial charge in [0.05, 0.1) is 17.6 Å². The van der Waals surface area contributed by atoms with Crippen LogP contribution in [0.2, 0.25) is 0 Å². The van der Waals surface area contributed by atoms with Gasteiger partial charge in [-0.1, -0.05) is 12.1 Å². The third-order valence-electron chi connectivity index (χ3n) is 4.47. The lowest BCUT2D eigenvalue weighted by Gasteiger charge is -2.37. The summed E-state index contributed by atoms with van der Waals surface area (Å²) >= 11 is 0. The predicted octanol–water partition coefficient (Wildman–Crippen LogP) is 4.17. The number of benzene rings is 1. The number of ether oxygens (including phenoxy) is 1. The molecule has 21 heavy (non-hydrogen) atoms. The van der Waals surface area contributed by atoms with Gasteiger partial charge in [-0.05, 0) is 56.2 Å². The first kappa shape index (κ1) is 14.7. The second kappa shape index (κ2) is 5.20. The quantitative estimate of drug-likeness (QED) is 0.908. The second-order valence-corrected chi connectivity index (χ2v) is 6.19. The van der Waals surface area contributed by atoms with Crippen LogP contribution >= 0.6 is 0 Å². The van der Waals surface area contributed by atoms with E-state index in [4.69, 9.17) is 4.74 Å². The molecule has 2 aliphatic rings. The summed E-state index contributed by atoms with van der Waals surface area (Å²) in [4.78, 5) is 0. The Morgan fingerprint density at radius 2 is 1.76 bits per heavy atom. The predicted molar refractivity (Wildman–Crippen MR) is 72.0 cm³/mol. The van der Waals surface area contributed by atoms with Crippen LogP contribution in [0.5, 0.6) is 5.75 Å². The Balaban J connectivity index is 1.71. The average molecular weight is 300 g/mol. The third kappa shape index (κ3) is 3.34. The molecule has 0 radical (unpaired) electrons. The van der Waals surface area contributed by atoms with Gasteiger partial charge in [0.15, 0.2) is 0 Å². The van der Waals surface area contributed by atoms with E-state index in [1.807, 2.05) is 6.07 Å². The second-order valence-electron chi connectivity index (χ2n) is 6.19. The minimum Gasteiger partial charge on any atom is -0.490 e. The largest absolute Gasteiger partial charge is 0.490 e. The smallest absolute Gasteiger partial charge is 0.391 e. The minimum atomic E-state index is -4.15. The number of halogens is 3. The fourth-order valence-electron chi connectivity index (χ4n) is 2.95. The molecule has 0 amide bonds. The van der Waals surface area contributed by atoms with E-state index in [0.29, 0.717) is 11.3 Å². The highest BCUT2D eigenvalue weighted by molar-refractivity contribution is 5.33. The number of hydrogen-bond donors (Lipinski definition) is 1. The molecule has 0 bridgehead atoms. The maximum Gasteiger partial charge on any atom is 0.391 e. The zero-order valence-corrected chi connectivity index (χ0v) is 11.7. The van der Waals surface area contributed by atoms with Crippen molar-refractivity contribution in [2.75, 3.05) is 0 Å². The van der Waals surface area contributed by atoms with Crippen LogP contribution in [0.15, 0.2) is 24.3 Å². The van der Waals surface area contributed by atoms with Crippen LogP contribution in [0.4, 0.5) is 13.2 Å². The molecule has 2 fully saturated rings. The Morgan fingerprint density at radius 3 is 2.33 bits per heavy atom. The molecule has 0 atom stereocenters. The van der Waals surface area contributed by atoms with Crippen LogP contribution in [0.3, 0.4) is 0 Å². The first-order valence-corrected chi connectivity index (χ1v) is 7.43. The van der Waals surface area contributed by atoms with Crippen LogP contribution in [0.25, 0.3) is 0 Å². The van der Waals surface area contributed by atoms with Crippen molar-refractivity contribution in [2.45, 2.75) is 56.4 Å². The number of alkyl halides is 3. The van der Waals surface area contributed by atoms with Crippen molar-refractivity contribution in [2.24, 2.45) is 5.92 Å². The van der Waals surface area contributed by atoms with Gasteiger partial charge in [-0.3, -0.25) is 0 Å². The van der Waals surface area contributed by atoms with Gasteiger partial charge in [0.25, 0.3) is 0 Å². The number of aliphatic hydroxyl groups is 1. The van der Waals surface area contributed by atoms with Gasteiger partial charge in [-0.2, -0.15) is 13.2 Å². The van der Waals surface area contributed by atoms with Gasteiger partial charge in [-0.15, -0.1) is 0 Å². The van der Waals surface area contributed by atoms with Gasteiger partial charge >= 0.3 is 6.18 Å². The molecule has 0 heterocycles. The van der Waals surface area contributed by atoms with Crippen molar-refractivity contribution in [3.8, 4) is 5.75 Å². The Hall–Kier alpha value is -1.23. The molecular formula is C16H19F3O2. The molecular weight excluding hydrogens is 281 g/mol. The fourth-order valence-corrected chi connectivity index (χ4v) is 2.95. The van der Waals surface area contributed by atoms with Gasteiger partial charge < -0.3 is 9.84 Å². The van der Waals surface area contributed by atoms with Crippen molar-refractivity contribution in [3.63, 3.8) is 0 Å². The maximum atomic E-state index is 12.7. The first-order valence-electron chi connectivity index (χ1n) is 7.43. The highest BCUT2D eigenvalue weighted by Gasteiger charge is 2.45. The van der Waals surface area contributed by atoms with Crippen LogP contribution in [0.1, 0.15) is 44.1 Å². The summed E-state index contributed by atoms with van der Waals surface area (Å²) in [6.07, 6.45) is -1.56. The van der Waals surface area contributed by atoms with E-state index in [1.165, 1.54) is 0 Å². The van der Waals surface area contributed by atoms with Crippen LogP contribution in [-0.4, -0.2) is 17.4 Å². The summed E-state index contributed by atoms with van der Waals surface area (Å²) in [6, 6.07) is 7.16. The fraction of sp³-hybridized carbons (Fsp3) is 0.625. The normalized spacial score (nSPS) is 30.2. The SMILES string of the molecule is OC1(c2cccc(OC3CC3)c2)CCC(C(F)(F)F)CC1. The van der Waals surface area contributed by atoms with E-state index < -0.39 is 17.7 Å². The minimum absolute atomic E-state index is 0.0201. The molecule has 2 nitrogen and oxygen atoms in total. The monoisotopic (exact) mass is 300 g/mol. The van der Waals surface area contributed by atoms with Crippen LogP contribution in [0, 0.1) is 5.92 Å². The first-order chi connectivity index (χ1) is 9.87. The Kier molecular flexibility index (Phi) is 3.64. The van der Waals surface area contributed by atoms with Gasteiger partial charge in [0.1, 0.15) is 5.75 Å². The molecule has 5 heteroatoms. The van der Waals surface area contributed by atoms with Crippen LogP contribution < -0.4 is 4.74 Å². The maximum absolute atomic E-state index is 12.7. The lowest BCUT2D eigenvalue weighted by atomic mass is 9.75. The highest BCUT2D eigenvalue weighted by atomic mass is 19.4. The Morgan fingerprint density at radius 1 is 1.10 bits per heavy atom. The lowest BCUT2D eigenvalue weighted by molar-refractivity contribution is -0.193. The zero-order chi connectivity index (χ0) is 15.1. The van der Waals surface area contributed by atoms with E-state index in [1.54, 1.807) is 18.2 Å². The number of rotatable bonds is 3. The van der Waals surface area contributed by atoms with Crippen molar-refractivity contribution >= 4 is 0 Å². The van der Waals surface area contributed by atoms with Gasteiger partial charge in [0, 0.05) is 0 Å². The highest BCUT2D eigenvalue weighted by Crippen LogP contribution is 2.45. The summed E-state index contributed by atoms with van der Waals surface area (Å²) < 4.78 is 43.8. The summed E-state index contributed by atoms with van der Waals surface area (Å²) in [5, 5.41) is 10.7. The van der Waals surface area contributed by atoms with E-state index >= 15 is 0 Å². The van der Waals surface area contributed by atoms with Crippen molar-refractivity contribution in [1.29, 1.82) is 0 Å². The summed E-state index contributed by atoms with van der Waals surface area (Å²) in [6.45, 7) is 0. The van der Waals surface area contributed by atoms with Crippen molar-refractivity contribution in [3.05, 3.63) is 29.8 Å². The Labute approximate surface area is 121 Å². The van der Waals surface area contributed by atoms with E-state index in [-0.39, 0.29) is 31.8 Å². The molecule has 2 saturated carbocycles. The van der Waals surface area contributed by atoms with Gasteiger partial charge in [0.2, 0.25) is 0 Å². The topological polar surface area (TPSA) is 29.5 Å². The third-order valence-corrected chi connectivity index (χ3v) is 4.47. The zero-order valence-electron chi connectivity index (χ0n) is 11.7. The molecule has 0 saturated heterocycles. The molecule has 0 aromatic heterocycles. The average Bonchev–Trinajstić information content (AvgIpc) is 3.22. The summed E-state index contributed by atoms with van der Waals surface area (Å²) in [5.74, 6) is -0.593. The molecule has 1 aromatic rings. The molecule has 2 aliphatic carbocycles. The molecule has 0 unspecified atom stereocenters. The van der Waals surface area contributed by atoms with E-state index in [2.05, 4.69) is 0 Å². The Bertz CT molecular complexity index is 500. The summed E-state index contributed by atoms with van der Waals surface area (Å²) in [7, 11) is 0. The standard InChI is InChI=1S/C16H19F3O2/c17-16(18,19)11-6-8-15(20,9-7-11)12-2-1-3-14(10-12)21-13-4-5-13/h1-3,10-11,13,20H,4-9H2. The molecule has 0 aliphatic heterocycles. The molecule has 0 spiro atoms. The van der Waals surface area contributed by atoms with E-state index in [9.17, 15) is 18.3 Å². The molecule has 1 N–H and O–H groups in total.